The summed E-state index contributed by atoms with van der Waals surface area (Å²) in [6, 6.07) is 7.02. The highest BCUT2D eigenvalue weighted by atomic mass is 19.1. The second-order valence-electron chi connectivity index (χ2n) is 4.25. The number of rotatable bonds is 4. The fourth-order valence-corrected chi connectivity index (χ4v) is 1.90. The lowest BCUT2D eigenvalue weighted by molar-refractivity contribution is -0.141. The molecule has 21 heavy (non-hydrogen) atoms. The zero-order valence-electron chi connectivity index (χ0n) is 11.1. The van der Waals surface area contributed by atoms with Gasteiger partial charge in [0.25, 0.3) is 0 Å². The summed E-state index contributed by atoms with van der Waals surface area (Å²) < 4.78 is 45.3. The van der Waals surface area contributed by atoms with E-state index in [9.17, 15) is 18.0 Å². The Morgan fingerprint density at radius 2 is 1.71 bits per heavy atom. The zero-order valence-corrected chi connectivity index (χ0v) is 11.1. The third kappa shape index (κ3) is 3.34. The second-order valence-corrected chi connectivity index (χ2v) is 4.25. The van der Waals surface area contributed by atoms with Crippen molar-refractivity contribution in [3.63, 3.8) is 0 Å². The van der Waals surface area contributed by atoms with E-state index in [-0.39, 0.29) is 5.69 Å². The first-order valence-electron chi connectivity index (χ1n) is 6.06. The SMILES string of the molecule is COC(=O)C(Nc1cccc(F)c1)c1c(F)cccc1F. The largest absolute Gasteiger partial charge is 0.467 e. The molecule has 0 spiro atoms. The molecule has 0 radical (unpaired) electrons. The van der Waals surface area contributed by atoms with Crippen LogP contribution in [0, 0.1) is 17.5 Å². The first kappa shape index (κ1) is 14.9. The molecule has 0 bridgehead atoms. The van der Waals surface area contributed by atoms with E-state index in [0.717, 1.165) is 25.3 Å². The minimum Gasteiger partial charge on any atom is -0.467 e. The highest BCUT2D eigenvalue weighted by Crippen LogP contribution is 2.26. The predicted octanol–water partition coefficient (Wildman–Crippen LogP) is 3.43. The lowest BCUT2D eigenvalue weighted by Crippen LogP contribution is -2.24. The van der Waals surface area contributed by atoms with Crippen molar-refractivity contribution < 1.29 is 22.7 Å². The Morgan fingerprint density at radius 3 is 2.29 bits per heavy atom. The third-order valence-electron chi connectivity index (χ3n) is 2.86. The average Bonchev–Trinajstić information content (AvgIpc) is 2.45. The van der Waals surface area contributed by atoms with Gasteiger partial charge < -0.3 is 10.1 Å². The van der Waals surface area contributed by atoms with Crippen molar-refractivity contribution in [3.05, 3.63) is 65.5 Å². The van der Waals surface area contributed by atoms with E-state index in [2.05, 4.69) is 10.1 Å². The van der Waals surface area contributed by atoms with Crippen molar-refractivity contribution in [2.75, 3.05) is 12.4 Å². The molecule has 0 aliphatic heterocycles. The summed E-state index contributed by atoms with van der Waals surface area (Å²) in [5, 5.41) is 2.57. The molecule has 0 heterocycles. The lowest BCUT2D eigenvalue weighted by atomic mass is 10.0. The number of esters is 1. The number of hydrogen-bond acceptors (Lipinski definition) is 3. The van der Waals surface area contributed by atoms with Gasteiger partial charge in [-0.15, -0.1) is 0 Å². The number of nitrogens with one attached hydrogen (secondary N) is 1. The Hall–Kier alpha value is -2.50. The summed E-state index contributed by atoms with van der Waals surface area (Å²) in [6.45, 7) is 0. The molecule has 6 heteroatoms. The molecular weight excluding hydrogens is 283 g/mol. The van der Waals surface area contributed by atoms with E-state index in [4.69, 9.17) is 0 Å². The molecule has 0 aromatic heterocycles. The summed E-state index contributed by atoms with van der Waals surface area (Å²) >= 11 is 0. The van der Waals surface area contributed by atoms with Crippen LogP contribution in [0.25, 0.3) is 0 Å². The molecule has 0 saturated heterocycles. The molecule has 1 unspecified atom stereocenters. The quantitative estimate of drug-likeness (QED) is 0.878. The highest BCUT2D eigenvalue weighted by molar-refractivity contribution is 5.81. The van der Waals surface area contributed by atoms with Gasteiger partial charge in [-0.2, -0.15) is 0 Å². The highest BCUT2D eigenvalue weighted by Gasteiger charge is 2.27. The van der Waals surface area contributed by atoms with Crippen molar-refractivity contribution in [3.8, 4) is 0 Å². The fourth-order valence-electron chi connectivity index (χ4n) is 1.90. The van der Waals surface area contributed by atoms with Crippen molar-refractivity contribution in [2.45, 2.75) is 6.04 Å². The molecule has 1 atom stereocenters. The van der Waals surface area contributed by atoms with Crippen molar-refractivity contribution >= 4 is 11.7 Å². The van der Waals surface area contributed by atoms with Gasteiger partial charge in [0, 0.05) is 5.69 Å². The van der Waals surface area contributed by atoms with Crippen LogP contribution in [0.2, 0.25) is 0 Å². The smallest absolute Gasteiger partial charge is 0.333 e. The molecule has 0 amide bonds. The first-order valence-corrected chi connectivity index (χ1v) is 6.06. The van der Waals surface area contributed by atoms with E-state index in [1.807, 2.05) is 0 Å². The summed E-state index contributed by atoms with van der Waals surface area (Å²) in [7, 11) is 1.10. The maximum absolute atomic E-state index is 13.8. The summed E-state index contributed by atoms with van der Waals surface area (Å²) in [6.07, 6.45) is 0. The number of halogens is 3. The number of carbonyl (C=O) groups excluding carboxylic acids is 1. The Balaban J connectivity index is 2.42. The predicted molar refractivity (Wildman–Crippen MR) is 71.1 cm³/mol. The number of ether oxygens (including phenoxy) is 1. The minimum atomic E-state index is -1.42. The van der Waals surface area contributed by atoms with Crippen molar-refractivity contribution in [1.82, 2.24) is 0 Å². The maximum Gasteiger partial charge on any atom is 0.333 e. The third-order valence-corrected chi connectivity index (χ3v) is 2.86. The van der Waals surface area contributed by atoms with Gasteiger partial charge in [0.2, 0.25) is 0 Å². The van der Waals surface area contributed by atoms with Crippen LogP contribution in [0.15, 0.2) is 42.5 Å². The van der Waals surface area contributed by atoms with Crippen LogP contribution < -0.4 is 5.32 Å². The van der Waals surface area contributed by atoms with E-state index in [1.165, 1.54) is 24.3 Å². The zero-order chi connectivity index (χ0) is 15.4. The van der Waals surface area contributed by atoms with Crippen LogP contribution in [0.5, 0.6) is 0 Å². The summed E-state index contributed by atoms with van der Waals surface area (Å²) in [5.41, 5.74) is -0.276. The molecule has 1 N–H and O–H groups in total. The van der Waals surface area contributed by atoms with Crippen LogP contribution in [0.3, 0.4) is 0 Å². The van der Waals surface area contributed by atoms with Crippen LogP contribution in [-0.4, -0.2) is 13.1 Å². The molecule has 110 valence electrons. The van der Waals surface area contributed by atoms with Gasteiger partial charge in [-0.25, -0.2) is 18.0 Å². The van der Waals surface area contributed by atoms with Crippen LogP contribution in [0.4, 0.5) is 18.9 Å². The molecule has 2 aromatic rings. The summed E-state index contributed by atoms with van der Waals surface area (Å²) in [4.78, 5) is 11.8. The van der Waals surface area contributed by atoms with Gasteiger partial charge in [0.15, 0.2) is 6.04 Å². The molecular formula is C15H12F3NO2. The van der Waals surface area contributed by atoms with E-state index < -0.39 is 35.0 Å². The molecule has 0 aliphatic carbocycles. The van der Waals surface area contributed by atoms with Gasteiger partial charge in [-0.05, 0) is 30.3 Å². The Bertz CT molecular complexity index is 641. The number of benzene rings is 2. The minimum absolute atomic E-state index is 0.202. The Morgan fingerprint density at radius 1 is 1.10 bits per heavy atom. The number of hydrogen-bond donors (Lipinski definition) is 1. The fraction of sp³-hybridized carbons (Fsp3) is 0.133. The maximum atomic E-state index is 13.8. The molecule has 0 aliphatic rings. The molecule has 2 aromatic carbocycles. The van der Waals surface area contributed by atoms with Gasteiger partial charge in [0.05, 0.1) is 12.7 Å². The van der Waals surface area contributed by atoms with Gasteiger partial charge >= 0.3 is 5.97 Å². The molecule has 3 nitrogen and oxygen atoms in total. The van der Waals surface area contributed by atoms with Gasteiger partial charge in [0.1, 0.15) is 17.5 Å². The average molecular weight is 295 g/mol. The number of carbonyl (C=O) groups is 1. The van der Waals surface area contributed by atoms with Gasteiger partial charge in [-0.3, -0.25) is 0 Å². The molecule has 2 rings (SSSR count). The van der Waals surface area contributed by atoms with E-state index in [1.54, 1.807) is 0 Å². The van der Waals surface area contributed by atoms with Crippen LogP contribution in [-0.2, 0) is 9.53 Å². The van der Waals surface area contributed by atoms with E-state index >= 15 is 0 Å². The first-order chi connectivity index (χ1) is 10.0. The van der Waals surface area contributed by atoms with Crippen molar-refractivity contribution in [1.29, 1.82) is 0 Å². The summed E-state index contributed by atoms with van der Waals surface area (Å²) in [5.74, 6) is -3.22. The number of anilines is 1. The second kappa shape index (κ2) is 6.30. The number of methoxy groups -OCH3 is 1. The lowest BCUT2D eigenvalue weighted by Gasteiger charge is -2.19. The Kier molecular flexibility index (Phi) is 4.47. The standard InChI is InChI=1S/C15H12F3NO2/c1-21-15(20)14(13-11(17)6-3-7-12(13)18)19-10-5-2-4-9(16)8-10/h2-8,14,19H,1H3. The van der Waals surface area contributed by atoms with Gasteiger partial charge in [-0.1, -0.05) is 12.1 Å². The Labute approximate surface area is 119 Å². The normalized spacial score (nSPS) is 11.8. The topological polar surface area (TPSA) is 38.3 Å². The van der Waals surface area contributed by atoms with Crippen molar-refractivity contribution in [2.24, 2.45) is 0 Å². The molecule has 0 saturated carbocycles. The van der Waals surface area contributed by atoms with Crippen LogP contribution in [0.1, 0.15) is 11.6 Å². The van der Waals surface area contributed by atoms with E-state index in [0.29, 0.717) is 0 Å². The monoisotopic (exact) mass is 295 g/mol. The van der Waals surface area contributed by atoms with Crippen LogP contribution >= 0.6 is 0 Å². The molecule has 0 fully saturated rings.